The number of thiophene rings is 2. The Bertz CT molecular complexity index is 2630. The van der Waals surface area contributed by atoms with Gasteiger partial charge in [-0.15, -0.1) is 22.7 Å². The minimum atomic E-state index is -1.42. The Balaban J connectivity index is 1.27. The summed E-state index contributed by atoms with van der Waals surface area (Å²) in [5.41, 5.74) is 8.03. The van der Waals surface area contributed by atoms with Crippen molar-refractivity contribution in [2.24, 2.45) is 0 Å². The van der Waals surface area contributed by atoms with Crippen LogP contribution in [0.5, 0.6) is 5.06 Å². The summed E-state index contributed by atoms with van der Waals surface area (Å²) < 4.78 is 19.5. The van der Waals surface area contributed by atoms with Crippen LogP contribution in [0.1, 0.15) is 87.3 Å². The first-order valence-electron chi connectivity index (χ1n) is 20.9. The first kappa shape index (κ1) is 40.2. The predicted octanol–water partition coefficient (Wildman–Crippen LogP) is 13.8. The normalized spacial score (nSPS) is 15.5. The molecule has 0 amide bonds. The van der Waals surface area contributed by atoms with E-state index in [2.05, 4.69) is 154 Å². The van der Waals surface area contributed by atoms with Crippen LogP contribution < -0.4 is 18.3 Å². The van der Waals surface area contributed by atoms with E-state index >= 15 is 0 Å². The summed E-state index contributed by atoms with van der Waals surface area (Å²) in [6, 6.07) is 36.3. The number of hydrogen-bond donors (Lipinski definition) is 0. The fourth-order valence-electron chi connectivity index (χ4n) is 9.00. The van der Waals surface area contributed by atoms with Gasteiger partial charge in [0, 0.05) is 41.7 Å². The highest BCUT2D eigenvalue weighted by Gasteiger charge is 2.46. The van der Waals surface area contributed by atoms with Crippen molar-refractivity contribution in [2.45, 2.75) is 98.1 Å². The van der Waals surface area contributed by atoms with Crippen molar-refractivity contribution in [1.29, 1.82) is 0 Å². The predicted molar refractivity (Wildman–Crippen MR) is 248 cm³/mol. The highest BCUT2D eigenvalue weighted by molar-refractivity contribution is 7.64. The molecule has 5 heterocycles. The van der Waals surface area contributed by atoms with Crippen molar-refractivity contribution in [1.82, 2.24) is 0 Å². The number of aryl methyl sites for hydroxylation is 3. The number of unbranched alkanes of at least 4 members (excludes halogenated alkanes) is 1. The van der Waals surface area contributed by atoms with Crippen molar-refractivity contribution in [3.8, 4) is 26.9 Å². The lowest BCUT2D eigenvalue weighted by Crippen LogP contribution is -2.57. The Morgan fingerprint density at radius 3 is 2.45 bits per heavy atom. The molecular weight excluding hydrogens is 768 g/mol. The molecule has 8 rings (SSSR count). The van der Waals surface area contributed by atoms with E-state index in [1.165, 1.54) is 77.8 Å². The van der Waals surface area contributed by atoms with Gasteiger partial charge in [-0.1, -0.05) is 88.4 Å². The van der Waals surface area contributed by atoms with Crippen LogP contribution in [0.25, 0.3) is 43.4 Å². The van der Waals surface area contributed by atoms with Crippen LogP contribution in [0, 0.1) is 13.8 Å². The van der Waals surface area contributed by atoms with Crippen molar-refractivity contribution in [2.75, 3.05) is 0 Å². The van der Waals surface area contributed by atoms with Crippen LogP contribution in [-0.2, 0) is 23.0 Å². The molecule has 1 aliphatic rings. The summed E-state index contributed by atoms with van der Waals surface area (Å²) in [5.74, 6) is 1.06. The smallest absolute Gasteiger partial charge is 0.337 e. The van der Waals surface area contributed by atoms with Gasteiger partial charge in [0.1, 0.15) is 15.3 Å². The molecule has 0 radical (unpaired) electrons. The third-order valence-corrected chi connectivity index (χ3v) is 16.2. The van der Waals surface area contributed by atoms with Gasteiger partial charge in [-0.2, -0.15) is 9.13 Å². The first-order valence-corrected chi connectivity index (χ1v) is 23.7. The van der Waals surface area contributed by atoms with Crippen molar-refractivity contribution < 1.29 is 18.2 Å². The Morgan fingerprint density at radius 2 is 1.69 bits per heavy atom. The van der Waals surface area contributed by atoms with Crippen LogP contribution in [-0.4, -0.2) is 0 Å². The van der Waals surface area contributed by atoms with E-state index in [-0.39, 0.29) is 11.5 Å². The van der Waals surface area contributed by atoms with Crippen molar-refractivity contribution in [3.63, 3.8) is 0 Å². The molecule has 4 nitrogen and oxygen atoms in total. The highest BCUT2D eigenvalue weighted by Crippen LogP contribution is 2.47. The number of rotatable bonds is 14. The molecule has 2 atom stereocenters. The van der Waals surface area contributed by atoms with Gasteiger partial charge in [-0.25, -0.2) is 0 Å². The molecule has 0 spiro atoms. The van der Waals surface area contributed by atoms with Gasteiger partial charge < -0.3 is 9.05 Å². The van der Waals surface area contributed by atoms with Gasteiger partial charge in [0.05, 0.1) is 16.9 Å². The molecule has 0 aliphatic carbocycles. The molecule has 3 aromatic carbocycles. The zero-order valence-corrected chi connectivity index (χ0v) is 37.3. The van der Waals surface area contributed by atoms with E-state index in [9.17, 15) is 0 Å². The van der Waals surface area contributed by atoms with Crippen LogP contribution in [0.15, 0.2) is 134 Å². The number of allylic oxidation sites excluding steroid dienone is 3. The molecule has 0 fully saturated rings. The summed E-state index contributed by atoms with van der Waals surface area (Å²) >= 11 is 3.45. The lowest BCUT2D eigenvalue weighted by molar-refractivity contribution is -0.758. The van der Waals surface area contributed by atoms with Gasteiger partial charge in [0.25, 0.3) is 0 Å². The van der Waals surface area contributed by atoms with Gasteiger partial charge >= 0.3 is 8.38 Å². The molecule has 7 aromatic rings. The number of benzene rings is 3. The average molecular weight is 823 g/mol. The molecule has 1 aliphatic heterocycles. The zero-order chi connectivity index (χ0) is 40.4. The van der Waals surface area contributed by atoms with Crippen LogP contribution in [0.3, 0.4) is 0 Å². The first-order chi connectivity index (χ1) is 28.2. The second-order valence-electron chi connectivity index (χ2n) is 15.8. The Hall–Kier alpha value is -4.61. The number of aromatic nitrogens is 2. The average Bonchev–Trinajstić information content (AvgIpc) is 3.81. The lowest BCUT2D eigenvalue weighted by Gasteiger charge is -2.29. The third-order valence-electron chi connectivity index (χ3n) is 12.1. The van der Waals surface area contributed by atoms with E-state index in [1.807, 2.05) is 19.1 Å². The second-order valence-corrected chi connectivity index (χ2v) is 19.8. The monoisotopic (exact) mass is 822 g/mol. The van der Waals surface area contributed by atoms with Crippen molar-refractivity contribution in [3.05, 3.63) is 156 Å². The minimum absolute atomic E-state index is 0.0440. The van der Waals surface area contributed by atoms with Gasteiger partial charge in [-0.3, -0.25) is 0 Å². The zero-order valence-electron chi connectivity index (χ0n) is 34.8. The van der Waals surface area contributed by atoms with E-state index in [0.717, 1.165) is 47.7 Å². The van der Waals surface area contributed by atoms with E-state index in [1.54, 1.807) is 28.7 Å². The maximum Gasteiger partial charge on any atom is 0.337 e. The van der Waals surface area contributed by atoms with Gasteiger partial charge in [0.2, 0.25) is 11.4 Å². The topological polar surface area (TPSA) is 26.2 Å². The molecule has 2 unspecified atom stereocenters. The number of pyridine rings is 2. The number of fused-ring (bicyclic) bond motifs is 6. The van der Waals surface area contributed by atoms with Crippen LogP contribution in [0.4, 0.5) is 0 Å². The van der Waals surface area contributed by atoms with Gasteiger partial charge in [0.15, 0.2) is 29.5 Å². The van der Waals surface area contributed by atoms with Crippen LogP contribution >= 0.6 is 31.0 Å². The summed E-state index contributed by atoms with van der Waals surface area (Å²) in [7, 11) is -1.42. The maximum absolute atomic E-state index is 6.64. The molecule has 4 aromatic heterocycles. The molecule has 7 heteroatoms. The molecule has 0 N–H and O–H groups in total. The number of hydrogen-bond acceptors (Lipinski definition) is 4. The summed E-state index contributed by atoms with van der Waals surface area (Å²) in [5, 5.41) is 6.12. The SMILES string of the molecule is C=CC=C(C)OP(Oc1ccc(C)s1)c1cc(C)c(-c2cc3ccccc3c[n+]2CC2CC(CC)(CC)[n+]3ccc4c(CCCC)cccc4c3-c3ccccc32)s1. The molecule has 0 saturated carbocycles. The van der Waals surface area contributed by atoms with Crippen LogP contribution in [0.2, 0.25) is 0 Å². The second kappa shape index (κ2) is 17.3. The third kappa shape index (κ3) is 7.79. The van der Waals surface area contributed by atoms with E-state index in [0.29, 0.717) is 0 Å². The fourth-order valence-corrected chi connectivity index (χ4v) is 12.7. The lowest BCUT2D eigenvalue weighted by atomic mass is 9.80. The molecule has 58 heavy (non-hydrogen) atoms. The summed E-state index contributed by atoms with van der Waals surface area (Å²) in [6.45, 7) is 18.1. The van der Waals surface area contributed by atoms with E-state index < -0.39 is 8.38 Å². The van der Waals surface area contributed by atoms with E-state index in [4.69, 9.17) is 9.05 Å². The molecule has 0 saturated heterocycles. The minimum Gasteiger partial charge on any atom is -0.440 e. The Labute approximate surface area is 354 Å². The Kier molecular flexibility index (Phi) is 12.0. The van der Waals surface area contributed by atoms with Gasteiger partial charge in [-0.05, 0) is 104 Å². The molecule has 296 valence electrons. The molecule has 0 bridgehead atoms. The van der Waals surface area contributed by atoms with Crippen molar-refractivity contribution >= 4 is 57.2 Å². The highest BCUT2D eigenvalue weighted by atomic mass is 32.1. The molecular formula is C51H55N2O2PS2+2. The largest absolute Gasteiger partial charge is 0.440 e. The summed E-state index contributed by atoms with van der Waals surface area (Å²) in [6.07, 6.45) is 15.2. The Morgan fingerprint density at radius 1 is 0.897 bits per heavy atom. The fraction of sp³-hybridized carbons (Fsp3) is 0.294. The standard InChI is InChI=1S/C51H55N2O2PS2/c1-8-12-19-38-22-17-25-45-43(38)28-29-53-49(45)44-24-16-15-23-42(44)41(32-51(53,10-3)11-4)34-52-33-40-21-14-13-20-39(40)31-46(52)50-35(5)30-48(58-50)56(54-36(6)18-9-2)55-47-27-26-37(7)57-47/h9,13-18,20-31,33,41H,2,8,10-12,19,32,34H2,1,3-7H3/q+2. The number of nitrogens with zero attached hydrogens (tertiary/aromatic N) is 2. The maximum atomic E-state index is 6.64. The quantitative estimate of drug-likeness (QED) is 0.0473. The summed E-state index contributed by atoms with van der Waals surface area (Å²) in [4.78, 5) is 2.46.